The van der Waals surface area contributed by atoms with Gasteiger partial charge in [0.15, 0.2) is 0 Å². The third-order valence-corrected chi connectivity index (χ3v) is 6.73. The summed E-state index contributed by atoms with van der Waals surface area (Å²) in [6.07, 6.45) is 4.13. The van der Waals surface area contributed by atoms with E-state index < -0.39 is 0 Å². The quantitative estimate of drug-likeness (QED) is 0.601. The molecule has 0 radical (unpaired) electrons. The zero-order chi connectivity index (χ0) is 23.5. The van der Waals surface area contributed by atoms with Gasteiger partial charge in [-0.2, -0.15) is 0 Å². The predicted octanol–water partition coefficient (Wildman–Crippen LogP) is 3.66. The van der Waals surface area contributed by atoms with Crippen LogP contribution in [-0.2, 0) is 4.74 Å². The Morgan fingerprint density at radius 3 is 2.50 bits per heavy atom. The number of nitrogens with one attached hydrogen (secondary N) is 2. The van der Waals surface area contributed by atoms with E-state index in [1.165, 1.54) is 0 Å². The van der Waals surface area contributed by atoms with Gasteiger partial charge in [0.25, 0.3) is 5.91 Å². The van der Waals surface area contributed by atoms with Gasteiger partial charge in [-0.25, -0.2) is 9.97 Å². The second-order valence-corrected chi connectivity index (χ2v) is 9.21. The molecule has 0 aliphatic carbocycles. The van der Waals surface area contributed by atoms with Crippen molar-refractivity contribution >= 4 is 34.1 Å². The van der Waals surface area contributed by atoms with Gasteiger partial charge in [0.05, 0.1) is 24.4 Å². The maximum Gasteiger partial charge on any atom is 0.254 e. The van der Waals surface area contributed by atoms with Crippen LogP contribution in [0.4, 0.5) is 17.3 Å². The summed E-state index contributed by atoms with van der Waals surface area (Å²) in [5.41, 5.74) is 4.64. The average Bonchev–Trinajstić information content (AvgIpc) is 2.88. The van der Waals surface area contributed by atoms with Gasteiger partial charge in [-0.05, 0) is 75.8 Å². The number of likely N-dealkylation sites (tertiary alicyclic amines) is 1. The summed E-state index contributed by atoms with van der Waals surface area (Å²) in [5.74, 6) is 0.577. The minimum Gasteiger partial charge on any atom is -0.380 e. The highest BCUT2D eigenvalue weighted by Gasteiger charge is 2.19. The SMILES string of the molecule is Cc1ccc(NC2CCN(C)CC2)c2nc(Nc3ccc(C(=O)N4CCOCC4)cc3)ncc12. The number of amides is 1. The fraction of sp³-hybridized carbons (Fsp3) is 0.423. The zero-order valence-electron chi connectivity index (χ0n) is 19.9. The van der Waals surface area contributed by atoms with Crippen molar-refractivity contribution in [3.8, 4) is 0 Å². The lowest BCUT2D eigenvalue weighted by Crippen LogP contribution is -2.40. The Balaban J connectivity index is 1.33. The molecule has 2 aliphatic rings. The van der Waals surface area contributed by atoms with Crippen molar-refractivity contribution in [2.24, 2.45) is 0 Å². The highest BCUT2D eigenvalue weighted by molar-refractivity contribution is 5.95. The smallest absolute Gasteiger partial charge is 0.254 e. The van der Waals surface area contributed by atoms with Crippen LogP contribution in [0.25, 0.3) is 10.9 Å². The number of nitrogens with zero attached hydrogens (tertiary/aromatic N) is 4. The number of hydrogen-bond donors (Lipinski definition) is 2. The van der Waals surface area contributed by atoms with Crippen molar-refractivity contribution in [1.29, 1.82) is 0 Å². The van der Waals surface area contributed by atoms with Gasteiger partial charge < -0.3 is 25.2 Å². The Labute approximate surface area is 200 Å². The number of carbonyl (C=O) groups is 1. The molecular formula is C26H32N6O2. The van der Waals surface area contributed by atoms with Crippen LogP contribution in [0, 0.1) is 6.92 Å². The number of piperidine rings is 1. The van der Waals surface area contributed by atoms with E-state index in [-0.39, 0.29) is 5.91 Å². The molecule has 2 aromatic carbocycles. The standard InChI is InChI=1S/C26H32N6O2/c1-18-3-8-23(28-21-9-11-31(2)12-10-21)24-22(18)17-27-26(30-24)29-20-6-4-19(5-7-20)25(33)32-13-15-34-16-14-32/h3-8,17,21,28H,9-16H2,1-2H3,(H,27,29,30). The number of rotatable bonds is 5. The van der Waals surface area contributed by atoms with Crippen LogP contribution in [0.15, 0.2) is 42.6 Å². The summed E-state index contributed by atoms with van der Waals surface area (Å²) < 4.78 is 5.34. The number of benzene rings is 2. The van der Waals surface area contributed by atoms with E-state index in [0.717, 1.165) is 53.8 Å². The summed E-state index contributed by atoms with van der Waals surface area (Å²) in [5, 5.41) is 8.07. The summed E-state index contributed by atoms with van der Waals surface area (Å²) in [6.45, 7) is 6.76. The maximum absolute atomic E-state index is 12.7. The number of carbonyl (C=O) groups excluding carboxylic acids is 1. The van der Waals surface area contributed by atoms with Crippen LogP contribution in [0.3, 0.4) is 0 Å². The van der Waals surface area contributed by atoms with E-state index in [1.54, 1.807) is 0 Å². The first-order valence-corrected chi connectivity index (χ1v) is 12.0. The van der Waals surface area contributed by atoms with E-state index in [2.05, 4.69) is 46.6 Å². The number of fused-ring (bicyclic) bond motifs is 1. The van der Waals surface area contributed by atoms with Crippen molar-refractivity contribution in [2.45, 2.75) is 25.8 Å². The van der Waals surface area contributed by atoms with Crippen molar-refractivity contribution in [3.05, 3.63) is 53.7 Å². The zero-order valence-corrected chi connectivity index (χ0v) is 19.9. The average molecular weight is 461 g/mol. The summed E-state index contributed by atoms with van der Waals surface area (Å²) in [6, 6.07) is 12.2. The number of aromatic nitrogens is 2. The molecule has 8 heteroatoms. The van der Waals surface area contributed by atoms with E-state index >= 15 is 0 Å². The Morgan fingerprint density at radius 2 is 1.76 bits per heavy atom. The third kappa shape index (κ3) is 4.98. The minimum absolute atomic E-state index is 0.0388. The molecule has 0 saturated carbocycles. The summed E-state index contributed by atoms with van der Waals surface area (Å²) in [7, 11) is 2.17. The lowest BCUT2D eigenvalue weighted by atomic mass is 10.0. The summed E-state index contributed by atoms with van der Waals surface area (Å²) in [4.78, 5) is 26.3. The van der Waals surface area contributed by atoms with Gasteiger partial charge in [-0.1, -0.05) is 6.07 Å². The van der Waals surface area contributed by atoms with Gasteiger partial charge >= 0.3 is 0 Å². The van der Waals surface area contributed by atoms with Crippen LogP contribution < -0.4 is 10.6 Å². The molecule has 5 rings (SSSR count). The monoisotopic (exact) mass is 460 g/mol. The molecular weight excluding hydrogens is 428 g/mol. The van der Waals surface area contributed by atoms with Gasteiger partial charge in [-0.3, -0.25) is 4.79 Å². The molecule has 34 heavy (non-hydrogen) atoms. The highest BCUT2D eigenvalue weighted by atomic mass is 16.5. The lowest BCUT2D eigenvalue weighted by molar-refractivity contribution is 0.0303. The maximum atomic E-state index is 12.7. The molecule has 2 saturated heterocycles. The molecule has 8 nitrogen and oxygen atoms in total. The first-order chi connectivity index (χ1) is 16.6. The van der Waals surface area contributed by atoms with Crippen LogP contribution in [0.1, 0.15) is 28.8 Å². The Kier molecular flexibility index (Phi) is 6.60. The molecule has 3 aromatic rings. The number of morpholine rings is 1. The van der Waals surface area contributed by atoms with E-state index in [9.17, 15) is 4.79 Å². The first kappa shape index (κ1) is 22.6. The minimum atomic E-state index is 0.0388. The summed E-state index contributed by atoms with van der Waals surface area (Å²) >= 11 is 0. The molecule has 2 aliphatic heterocycles. The molecule has 1 amide bonds. The number of aryl methyl sites for hydroxylation is 1. The van der Waals surface area contributed by atoms with Crippen LogP contribution in [0.2, 0.25) is 0 Å². The number of hydrogen-bond acceptors (Lipinski definition) is 7. The van der Waals surface area contributed by atoms with Crippen LogP contribution in [0.5, 0.6) is 0 Å². The Bertz CT molecular complexity index is 1150. The second-order valence-electron chi connectivity index (χ2n) is 9.21. The molecule has 2 N–H and O–H groups in total. The van der Waals surface area contributed by atoms with Crippen LogP contribution in [-0.4, -0.2) is 78.2 Å². The van der Waals surface area contributed by atoms with Crippen molar-refractivity contribution < 1.29 is 9.53 Å². The first-order valence-electron chi connectivity index (χ1n) is 12.0. The predicted molar refractivity (Wildman–Crippen MR) is 135 cm³/mol. The Hall–Kier alpha value is -3.23. The van der Waals surface area contributed by atoms with Gasteiger partial charge in [0, 0.05) is 42.0 Å². The number of anilines is 3. The van der Waals surface area contributed by atoms with Crippen molar-refractivity contribution in [3.63, 3.8) is 0 Å². The van der Waals surface area contributed by atoms with Gasteiger partial charge in [-0.15, -0.1) is 0 Å². The van der Waals surface area contributed by atoms with Crippen molar-refractivity contribution in [2.75, 3.05) is 57.1 Å². The van der Waals surface area contributed by atoms with Crippen LogP contribution >= 0.6 is 0 Å². The Morgan fingerprint density at radius 1 is 1.03 bits per heavy atom. The van der Waals surface area contributed by atoms with E-state index in [1.807, 2.05) is 35.4 Å². The second kappa shape index (κ2) is 9.95. The number of ether oxygens (including phenoxy) is 1. The molecule has 0 bridgehead atoms. The van der Waals surface area contributed by atoms with Crippen molar-refractivity contribution in [1.82, 2.24) is 19.8 Å². The van der Waals surface area contributed by atoms with E-state index in [4.69, 9.17) is 9.72 Å². The fourth-order valence-electron chi connectivity index (χ4n) is 4.58. The van der Waals surface area contributed by atoms with Gasteiger partial charge in [0.2, 0.25) is 5.95 Å². The molecule has 0 atom stereocenters. The fourth-order valence-corrected chi connectivity index (χ4v) is 4.58. The molecule has 0 unspecified atom stereocenters. The van der Waals surface area contributed by atoms with E-state index in [0.29, 0.717) is 43.9 Å². The highest BCUT2D eigenvalue weighted by Crippen LogP contribution is 2.28. The lowest BCUT2D eigenvalue weighted by Gasteiger charge is -2.30. The topological polar surface area (TPSA) is 82.6 Å². The molecule has 0 spiro atoms. The largest absolute Gasteiger partial charge is 0.380 e. The molecule has 1 aromatic heterocycles. The normalized spacial score (nSPS) is 17.6. The molecule has 2 fully saturated rings. The third-order valence-electron chi connectivity index (χ3n) is 6.73. The molecule has 3 heterocycles. The van der Waals surface area contributed by atoms with Gasteiger partial charge in [0.1, 0.15) is 0 Å². The molecule has 178 valence electrons.